The van der Waals surface area contributed by atoms with Gasteiger partial charge in [-0.2, -0.15) is 0 Å². The van der Waals surface area contributed by atoms with Gasteiger partial charge in [-0.3, -0.25) is 9.59 Å². The van der Waals surface area contributed by atoms with Gasteiger partial charge in [-0.25, -0.2) is 4.98 Å². The number of rotatable bonds is 8. The summed E-state index contributed by atoms with van der Waals surface area (Å²) in [6.45, 7) is 8.32. The molecular weight excluding hydrogens is 526 g/mol. The molecule has 212 valence electrons. The van der Waals surface area contributed by atoms with E-state index >= 15 is 0 Å². The van der Waals surface area contributed by atoms with Gasteiger partial charge < -0.3 is 19.8 Å². The highest BCUT2D eigenvalue weighted by molar-refractivity contribution is 6.07. The summed E-state index contributed by atoms with van der Waals surface area (Å²) in [4.78, 5) is 29.7. The van der Waals surface area contributed by atoms with Crippen molar-refractivity contribution in [2.24, 2.45) is 0 Å². The van der Waals surface area contributed by atoms with Gasteiger partial charge >= 0.3 is 0 Å². The minimum atomic E-state index is -0.419. The maximum atomic E-state index is 13.6. The van der Waals surface area contributed by atoms with Gasteiger partial charge in [0.15, 0.2) is 11.5 Å². The molecule has 2 amide bonds. The van der Waals surface area contributed by atoms with Gasteiger partial charge in [-0.15, -0.1) is 0 Å². The zero-order chi connectivity index (χ0) is 29.7. The Hall–Kier alpha value is -5.17. The van der Waals surface area contributed by atoms with E-state index in [1.54, 1.807) is 36.4 Å². The molecule has 1 aromatic heterocycles. The fraction of sp³-hybridized carbons (Fsp3) is 0.171. The van der Waals surface area contributed by atoms with Gasteiger partial charge in [0.25, 0.3) is 5.91 Å². The third-order valence-corrected chi connectivity index (χ3v) is 6.65. The van der Waals surface area contributed by atoms with Crippen LogP contribution in [0.3, 0.4) is 0 Å². The normalized spacial score (nSPS) is 11.1. The van der Waals surface area contributed by atoms with E-state index in [-0.39, 0.29) is 17.0 Å². The monoisotopic (exact) mass is 559 g/mol. The molecule has 0 fully saturated rings. The number of anilines is 2. The predicted octanol–water partition coefficient (Wildman–Crippen LogP) is 8.10. The van der Waals surface area contributed by atoms with Crippen molar-refractivity contribution >= 4 is 23.2 Å². The van der Waals surface area contributed by atoms with Crippen LogP contribution in [0.15, 0.2) is 108 Å². The molecule has 7 nitrogen and oxygen atoms in total. The van der Waals surface area contributed by atoms with Crippen LogP contribution in [0.4, 0.5) is 11.4 Å². The van der Waals surface area contributed by atoms with Crippen LogP contribution in [0, 0.1) is 0 Å². The SMILES string of the molecule is CC(=O)Nc1ccc(-c2oc(-c3ccc(C(C)(C)C)cc3)nc2C(=O)Nc2cccc(OCc3ccccc3)c2)cc1. The van der Waals surface area contributed by atoms with Crippen molar-refractivity contribution in [1.29, 1.82) is 0 Å². The standard InChI is InChI=1S/C35H33N3O4/c1-23(39)36-28-19-15-25(16-20-28)32-31(38-34(42-32)26-13-17-27(18-14-26)35(2,3)4)33(40)37-29-11-8-12-30(21-29)41-22-24-9-6-5-7-10-24/h5-21H,22H2,1-4H3,(H,36,39)(H,37,40). The second-order valence-electron chi connectivity index (χ2n) is 11.0. The van der Waals surface area contributed by atoms with Crippen molar-refractivity contribution in [1.82, 2.24) is 4.98 Å². The van der Waals surface area contributed by atoms with E-state index in [2.05, 4.69) is 36.4 Å². The Balaban J connectivity index is 1.43. The molecule has 0 atom stereocenters. The van der Waals surface area contributed by atoms with Gasteiger partial charge in [0, 0.05) is 35.5 Å². The molecular formula is C35H33N3O4. The van der Waals surface area contributed by atoms with E-state index in [1.807, 2.05) is 66.7 Å². The summed E-state index contributed by atoms with van der Waals surface area (Å²) in [7, 11) is 0. The number of nitrogens with one attached hydrogen (secondary N) is 2. The van der Waals surface area contributed by atoms with E-state index in [9.17, 15) is 9.59 Å². The Morgan fingerprint density at radius 1 is 0.786 bits per heavy atom. The Labute approximate surface area is 245 Å². The van der Waals surface area contributed by atoms with E-state index in [0.29, 0.717) is 40.9 Å². The number of oxazole rings is 1. The Morgan fingerprint density at radius 2 is 1.48 bits per heavy atom. The molecule has 2 N–H and O–H groups in total. The highest BCUT2D eigenvalue weighted by Crippen LogP contribution is 2.33. The van der Waals surface area contributed by atoms with Crippen molar-refractivity contribution < 1.29 is 18.7 Å². The van der Waals surface area contributed by atoms with Crippen LogP contribution >= 0.6 is 0 Å². The highest BCUT2D eigenvalue weighted by atomic mass is 16.5. The predicted molar refractivity (Wildman–Crippen MR) is 166 cm³/mol. The number of hydrogen-bond acceptors (Lipinski definition) is 5. The van der Waals surface area contributed by atoms with E-state index in [4.69, 9.17) is 9.15 Å². The molecule has 5 aromatic rings. The van der Waals surface area contributed by atoms with Crippen molar-refractivity contribution in [2.75, 3.05) is 10.6 Å². The molecule has 0 aliphatic rings. The average Bonchev–Trinajstić information content (AvgIpc) is 3.42. The fourth-order valence-corrected chi connectivity index (χ4v) is 4.41. The molecule has 7 heteroatoms. The number of aromatic nitrogens is 1. The number of carbonyl (C=O) groups is 2. The summed E-state index contributed by atoms with van der Waals surface area (Å²) in [5.41, 5.74) is 4.99. The minimum Gasteiger partial charge on any atom is -0.489 e. The summed E-state index contributed by atoms with van der Waals surface area (Å²) >= 11 is 0. The van der Waals surface area contributed by atoms with Crippen LogP contribution in [0.2, 0.25) is 0 Å². The summed E-state index contributed by atoms with van der Waals surface area (Å²) in [5.74, 6) is 0.705. The molecule has 0 aliphatic carbocycles. The molecule has 0 saturated heterocycles. The molecule has 0 aliphatic heterocycles. The van der Waals surface area contributed by atoms with Gasteiger partial charge in [0.1, 0.15) is 12.4 Å². The van der Waals surface area contributed by atoms with Crippen molar-refractivity contribution in [2.45, 2.75) is 39.7 Å². The number of ether oxygens (including phenoxy) is 1. The maximum absolute atomic E-state index is 13.6. The largest absolute Gasteiger partial charge is 0.489 e. The Morgan fingerprint density at radius 3 is 2.14 bits per heavy atom. The highest BCUT2D eigenvalue weighted by Gasteiger charge is 2.23. The van der Waals surface area contributed by atoms with E-state index in [0.717, 1.165) is 11.1 Å². The summed E-state index contributed by atoms with van der Waals surface area (Å²) in [5, 5.41) is 5.69. The zero-order valence-electron chi connectivity index (χ0n) is 24.1. The number of amides is 2. The van der Waals surface area contributed by atoms with Crippen molar-refractivity contribution in [3.05, 3.63) is 120 Å². The lowest BCUT2D eigenvalue weighted by Gasteiger charge is -2.18. The van der Waals surface area contributed by atoms with Crippen LogP contribution in [-0.4, -0.2) is 16.8 Å². The minimum absolute atomic E-state index is 0.000327. The first-order valence-corrected chi connectivity index (χ1v) is 13.7. The number of hydrogen-bond donors (Lipinski definition) is 2. The fourth-order valence-electron chi connectivity index (χ4n) is 4.41. The summed E-state index contributed by atoms with van der Waals surface area (Å²) in [6, 6.07) is 32.2. The first-order valence-electron chi connectivity index (χ1n) is 13.7. The summed E-state index contributed by atoms with van der Waals surface area (Å²) < 4.78 is 12.2. The number of nitrogens with zero attached hydrogens (tertiary/aromatic N) is 1. The number of carbonyl (C=O) groups excluding carboxylic acids is 2. The Kier molecular flexibility index (Phi) is 8.20. The second kappa shape index (κ2) is 12.1. The molecule has 4 aromatic carbocycles. The quantitative estimate of drug-likeness (QED) is 0.200. The molecule has 0 unspecified atom stereocenters. The molecule has 0 bridgehead atoms. The lowest BCUT2D eigenvalue weighted by atomic mass is 9.87. The van der Waals surface area contributed by atoms with Crippen LogP contribution in [0.1, 0.15) is 49.3 Å². The second-order valence-corrected chi connectivity index (χ2v) is 11.0. The lowest BCUT2D eigenvalue weighted by molar-refractivity contribution is -0.114. The topological polar surface area (TPSA) is 93.5 Å². The van der Waals surface area contributed by atoms with Gasteiger partial charge in [-0.1, -0.05) is 69.3 Å². The number of benzene rings is 4. The van der Waals surface area contributed by atoms with Crippen molar-refractivity contribution in [3.8, 4) is 28.5 Å². The molecule has 0 spiro atoms. The molecule has 0 saturated carbocycles. The summed E-state index contributed by atoms with van der Waals surface area (Å²) in [6.07, 6.45) is 0. The average molecular weight is 560 g/mol. The zero-order valence-corrected chi connectivity index (χ0v) is 24.1. The molecule has 1 heterocycles. The van der Waals surface area contributed by atoms with Crippen LogP contribution in [0.5, 0.6) is 5.75 Å². The first-order chi connectivity index (χ1) is 20.2. The van der Waals surface area contributed by atoms with Gasteiger partial charge in [0.05, 0.1) is 0 Å². The lowest BCUT2D eigenvalue weighted by Crippen LogP contribution is -2.13. The van der Waals surface area contributed by atoms with Gasteiger partial charge in [0.2, 0.25) is 11.8 Å². The molecule has 5 rings (SSSR count). The van der Waals surface area contributed by atoms with Crippen LogP contribution < -0.4 is 15.4 Å². The molecule has 0 radical (unpaired) electrons. The first kappa shape index (κ1) is 28.4. The van der Waals surface area contributed by atoms with Crippen molar-refractivity contribution in [3.63, 3.8) is 0 Å². The third kappa shape index (κ3) is 6.93. The van der Waals surface area contributed by atoms with E-state index in [1.165, 1.54) is 12.5 Å². The maximum Gasteiger partial charge on any atom is 0.278 e. The smallest absolute Gasteiger partial charge is 0.278 e. The van der Waals surface area contributed by atoms with E-state index < -0.39 is 5.91 Å². The Bertz CT molecular complexity index is 1680. The van der Waals surface area contributed by atoms with Gasteiger partial charge in [-0.05, 0) is 65.1 Å². The molecule has 42 heavy (non-hydrogen) atoms. The van der Waals surface area contributed by atoms with Crippen LogP contribution in [-0.2, 0) is 16.8 Å². The van der Waals surface area contributed by atoms with Crippen LogP contribution in [0.25, 0.3) is 22.8 Å². The third-order valence-electron chi connectivity index (χ3n) is 6.65.